The van der Waals surface area contributed by atoms with E-state index in [1.165, 1.54) is 28.8 Å². The van der Waals surface area contributed by atoms with Crippen molar-refractivity contribution in [2.75, 3.05) is 0 Å². The molecule has 0 aliphatic rings. The number of nitrogens with one attached hydrogen (secondary N) is 1. The van der Waals surface area contributed by atoms with Gasteiger partial charge in [-0.25, -0.2) is 19.2 Å². The first-order valence-electron chi connectivity index (χ1n) is 5.47. The summed E-state index contributed by atoms with van der Waals surface area (Å²) < 4.78 is 14.2. The van der Waals surface area contributed by atoms with Crippen molar-refractivity contribution >= 4 is 22.8 Å². The van der Waals surface area contributed by atoms with E-state index in [0.717, 1.165) is 0 Å². The highest BCUT2D eigenvalue weighted by Gasteiger charge is 2.14. The Morgan fingerprint density at radius 2 is 1.95 bits per heavy atom. The number of rotatable bonds is 1. The zero-order chi connectivity index (χ0) is 13.6. The normalized spacial score (nSPS) is 11.1. The van der Waals surface area contributed by atoms with Gasteiger partial charge in [0.2, 0.25) is 0 Å². The van der Waals surface area contributed by atoms with Crippen LogP contribution in [0.15, 0.2) is 29.1 Å². The van der Waals surface area contributed by atoms with Gasteiger partial charge in [-0.2, -0.15) is 0 Å². The van der Waals surface area contributed by atoms with Gasteiger partial charge in [-0.3, -0.25) is 9.55 Å². The molecule has 2 heterocycles. The SMILES string of the molecule is Cc1nc(Cl)c2c(n1)[nH]c(=O)n2-c1ccc(F)cc1. The van der Waals surface area contributed by atoms with Gasteiger partial charge in [0.15, 0.2) is 10.8 Å². The minimum Gasteiger partial charge on any atom is -0.290 e. The summed E-state index contributed by atoms with van der Waals surface area (Å²) in [4.78, 5) is 22.7. The Hall–Kier alpha value is -2.21. The quantitative estimate of drug-likeness (QED) is 0.694. The van der Waals surface area contributed by atoms with Crippen LogP contribution in [0.25, 0.3) is 16.9 Å². The highest BCUT2D eigenvalue weighted by molar-refractivity contribution is 6.33. The third-order valence-corrected chi connectivity index (χ3v) is 2.95. The molecule has 0 atom stereocenters. The lowest BCUT2D eigenvalue weighted by atomic mass is 10.3. The number of hydrogen-bond acceptors (Lipinski definition) is 3. The molecular weight excluding hydrogens is 271 g/mol. The average Bonchev–Trinajstić information content (AvgIpc) is 2.66. The van der Waals surface area contributed by atoms with Gasteiger partial charge in [-0.05, 0) is 31.2 Å². The molecule has 0 bridgehead atoms. The maximum atomic E-state index is 12.9. The van der Waals surface area contributed by atoms with E-state index in [-0.39, 0.29) is 11.0 Å². The predicted octanol–water partition coefficient (Wildman–Crippen LogP) is 2.21. The summed E-state index contributed by atoms with van der Waals surface area (Å²) >= 11 is 6.06. The van der Waals surface area contributed by atoms with E-state index in [1.54, 1.807) is 6.92 Å². The molecule has 0 radical (unpaired) electrons. The topological polar surface area (TPSA) is 63.6 Å². The van der Waals surface area contributed by atoms with Crippen molar-refractivity contribution in [3.8, 4) is 5.69 Å². The standard InChI is InChI=1S/C12H8ClFN4O/c1-6-15-10(13)9-11(16-6)17-12(19)18(9)8-4-2-7(14)3-5-8/h2-5H,1H3,(H,15,16,17,19). The lowest BCUT2D eigenvalue weighted by Gasteiger charge is -2.04. The first kappa shape index (κ1) is 11.9. The van der Waals surface area contributed by atoms with Crippen LogP contribution in [0.2, 0.25) is 5.15 Å². The lowest BCUT2D eigenvalue weighted by Crippen LogP contribution is -2.14. The monoisotopic (exact) mass is 278 g/mol. The molecule has 0 amide bonds. The Morgan fingerprint density at radius 3 is 2.63 bits per heavy atom. The second-order valence-corrected chi connectivity index (χ2v) is 4.36. The van der Waals surface area contributed by atoms with E-state index < -0.39 is 5.69 Å². The summed E-state index contributed by atoms with van der Waals surface area (Å²) in [6.07, 6.45) is 0. The average molecular weight is 279 g/mol. The van der Waals surface area contributed by atoms with Gasteiger partial charge >= 0.3 is 5.69 Å². The zero-order valence-electron chi connectivity index (χ0n) is 9.82. The van der Waals surface area contributed by atoms with E-state index >= 15 is 0 Å². The van der Waals surface area contributed by atoms with Gasteiger partial charge in [-0.15, -0.1) is 0 Å². The van der Waals surface area contributed by atoms with Crippen LogP contribution >= 0.6 is 11.6 Å². The van der Waals surface area contributed by atoms with Crippen LogP contribution in [-0.2, 0) is 0 Å². The molecule has 5 nitrogen and oxygen atoms in total. The zero-order valence-corrected chi connectivity index (χ0v) is 10.6. The first-order chi connectivity index (χ1) is 9.06. The molecule has 7 heteroatoms. The molecule has 0 spiro atoms. The van der Waals surface area contributed by atoms with Gasteiger partial charge in [0.1, 0.15) is 17.2 Å². The van der Waals surface area contributed by atoms with Gasteiger partial charge in [0.25, 0.3) is 0 Å². The fourth-order valence-corrected chi connectivity index (χ4v) is 2.21. The van der Waals surface area contributed by atoms with Crippen LogP contribution < -0.4 is 5.69 Å². The number of aryl methyl sites for hydroxylation is 1. The van der Waals surface area contributed by atoms with Crippen LogP contribution in [0.5, 0.6) is 0 Å². The summed E-state index contributed by atoms with van der Waals surface area (Å²) in [6, 6.07) is 5.51. The largest absolute Gasteiger partial charge is 0.332 e. The van der Waals surface area contributed by atoms with Crippen molar-refractivity contribution in [1.29, 1.82) is 0 Å². The van der Waals surface area contributed by atoms with Crippen LogP contribution in [0.3, 0.4) is 0 Å². The Kier molecular flexibility index (Phi) is 2.60. The van der Waals surface area contributed by atoms with Crippen molar-refractivity contribution in [2.24, 2.45) is 0 Å². The van der Waals surface area contributed by atoms with E-state index in [1.807, 2.05) is 0 Å². The van der Waals surface area contributed by atoms with Gasteiger partial charge in [0.05, 0.1) is 5.69 Å². The number of aromatic nitrogens is 4. The molecule has 1 N–H and O–H groups in total. The maximum Gasteiger partial charge on any atom is 0.332 e. The van der Waals surface area contributed by atoms with Crippen LogP contribution in [-0.4, -0.2) is 19.5 Å². The molecule has 2 aromatic heterocycles. The summed E-state index contributed by atoms with van der Waals surface area (Å²) in [5, 5.41) is 0.171. The Labute approximate surface area is 111 Å². The number of nitrogens with zero attached hydrogens (tertiary/aromatic N) is 3. The summed E-state index contributed by atoms with van der Waals surface area (Å²) in [5.41, 5.74) is 0.825. The number of fused-ring (bicyclic) bond motifs is 1. The second kappa shape index (κ2) is 4.17. The molecule has 0 saturated carbocycles. The van der Waals surface area contributed by atoms with Crippen LogP contribution in [0.1, 0.15) is 5.82 Å². The third-order valence-electron chi connectivity index (χ3n) is 2.69. The molecule has 0 aliphatic carbocycles. The Balaban J connectivity index is 2.38. The van der Waals surface area contributed by atoms with Crippen molar-refractivity contribution < 1.29 is 4.39 Å². The molecular formula is C12H8ClFN4O. The molecule has 19 heavy (non-hydrogen) atoms. The first-order valence-corrected chi connectivity index (χ1v) is 5.85. The highest BCUT2D eigenvalue weighted by atomic mass is 35.5. The third kappa shape index (κ3) is 1.90. The Bertz CT molecular complexity index is 822. The van der Waals surface area contributed by atoms with Crippen molar-refractivity contribution in [1.82, 2.24) is 19.5 Å². The molecule has 0 fully saturated rings. The predicted molar refractivity (Wildman–Crippen MR) is 69.2 cm³/mol. The number of imidazole rings is 1. The number of H-pyrrole nitrogens is 1. The molecule has 1 aromatic carbocycles. The number of benzene rings is 1. The van der Waals surface area contributed by atoms with Crippen molar-refractivity contribution in [3.05, 3.63) is 51.5 Å². The van der Waals surface area contributed by atoms with E-state index in [4.69, 9.17) is 11.6 Å². The lowest BCUT2D eigenvalue weighted by molar-refractivity contribution is 0.627. The number of hydrogen-bond donors (Lipinski definition) is 1. The van der Waals surface area contributed by atoms with E-state index in [9.17, 15) is 9.18 Å². The minimum absolute atomic E-state index is 0.171. The molecule has 3 aromatic rings. The molecule has 0 saturated heterocycles. The fraction of sp³-hybridized carbons (Fsp3) is 0.0833. The molecule has 3 rings (SSSR count). The van der Waals surface area contributed by atoms with Gasteiger partial charge in [0, 0.05) is 0 Å². The van der Waals surface area contributed by atoms with E-state index in [0.29, 0.717) is 22.7 Å². The number of aromatic amines is 1. The summed E-state index contributed by atoms with van der Waals surface area (Å²) in [6.45, 7) is 1.68. The van der Waals surface area contributed by atoms with Crippen LogP contribution in [0, 0.1) is 12.7 Å². The molecule has 0 aliphatic heterocycles. The van der Waals surface area contributed by atoms with Crippen LogP contribution in [0.4, 0.5) is 4.39 Å². The number of halogens is 2. The summed E-state index contributed by atoms with van der Waals surface area (Å²) in [7, 11) is 0. The van der Waals surface area contributed by atoms with Gasteiger partial charge < -0.3 is 0 Å². The fourth-order valence-electron chi connectivity index (χ4n) is 1.91. The van der Waals surface area contributed by atoms with E-state index in [2.05, 4.69) is 15.0 Å². The molecule has 96 valence electrons. The van der Waals surface area contributed by atoms with Crippen molar-refractivity contribution in [3.63, 3.8) is 0 Å². The maximum absolute atomic E-state index is 12.9. The highest BCUT2D eigenvalue weighted by Crippen LogP contribution is 2.21. The second-order valence-electron chi connectivity index (χ2n) is 4.00. The van der Waals surface area contributed by atoms with Crippen molar-refractivity contribution in [2.45, 2.75) is 6.92 Å². The minimum atomic E-state index is -0.400. The summed E-state index contributed by atoms with van der Waals surface area (Å²) in [5.74, 6) is 0.0832. The van der Waals surface area contributed by atoms with Gasteiger partial charge in [-0.1, -0.05) is 11.6 Å². The Morgan fingerprint density at radius 1 is 1.26 bits per heavy atom. The smallest absolute Gasteiger partial charge is 0.290 e. The molecule has 0 unspecified atom stereocenters.